The van der Waals surface area contributed by atoms with Gasteiger partial charge in [-0.05, 0) is 12.2 Å². The quantitative estimate of drug-likeness (QED) is 0.312. The van der Waals surface area contributed by atoms with Gasteiger partial charge >= 0.3 is 0 Å². The van der Waals surface area contributed by atoms with E-state index in [1.54, 1.807) is 0 Å². The van der Waals surface area contributed by atoms with Crippen LogP contribution in [0.3, 0.4) is 0 Å². The molecule has 0 atom stereocenters. The van der Waals surface area contributed by atoms with Crippen LogP contribution in [0.2, 0.25) is 0 Å². The summed E-state index contributed by atoms with van der Waals surface area (Å²) in [5.41, 5.74) is 0. The van der Waals surface area contributed by atoms with Gasteiger partial charge in [0.25, 0.3) is 0 Å². The van der Waals surface area contributed by atoms with E-state index < -0.39 is 0 Å². The summed E-state index contributed by atoms with van der Waals surface area (Å²) in [6, 6.07) is 0. The standard InChI is InChI=1S/C10H22S.C6H14/c1-2-3-4-5-6-7-8-9-10-11;1-3-5-6-4-2/h11H,2-10H2,1H3;3-6H2,1-2H3. The van der Waals surface area contributed by atoms with Crippen LogP contribution >= 0.6 is 12.6 Å². The van der Waals surface area contributed by atoms with Crippen molar-refractivity contribution in [1.29, 1.82) is 0 Å². The molecule has 0 aromatic heterocycles. The average molecular weight is 261 g/mol. The van der Waals surface area contributed by atoms with E-state index in [9.17, 15) is 0 Å². The number of rotatable bonds is 11. The van der Waals surface area contributed by atoms with Crippen molar-refractivity contribution in [2.75, 3.05) is 5.75 Å². The molecular formula is C16H36S. The van der Waals surface area contributed by atoms with Crippen molar-refractivity contribution in [3.05, 3.63) is 0 Å². The van der Waals surface area contributed by atoms with E-state index in [1.807, 2.05) is 0 Å². The van der Waals surface area contributed by atoms with Crippen LogP contribution in [0.25, 0.3) is 0 Å². The Morgan fingerprint density at radius 3 is 1.12 bits per heavy atom. The minimum atomic E-state index is 1.06. The SMILES string of the molecule is CCCCCC.CCCCCCCCCCS. The lowest BCUT2D eigenvalue weighted by Gasteiger charge is -1.98. The van der Waals surface area contributed by atoms with Crippen LogP contribution in [0.1, 0.15) is 97.8 Å². The zero-order valence-electron chi connectivity index (χ0n) is 12.6. The molecule has 0 unspecified atom stereocenters. The van der Waals surface area contributed by atoms with E-state index in [2.05, 4.69) is 33.4 Å². The monoisotopic (exact) mass is 260 g/mol. The Hall–Kier alpha value is 0.350. The summed E-state index contributed by atoms with van der Waals surface area (Å²) in [6.45, 7) is 6.73. The molecule has 0 rings (SSSR count). The molecule has 0 aromatic carbocycles. The van der Waals surface area contributed by atoms with Crippen molar-refractivity contribution in [3.63, 3.8) is 0 Å². The zero-order chi connectivity index (χ0) is 13.2. The summed E-state index contributed by atoms with van der Waals surface area (Å²) in [7, 11) is 0. The van der Waals surface area contributed by atoms with Crippen molar-refractivity contribution < 1.29 is 0 Å². The Labute approximate surface area is 116 Å². The Bertz CT molecular complexity index is 89.7. The maximum atomic E-state index is 4.18. The summed E-state index contributed by atoms with van der Waals surface area (Å²) >= 11 is 4.18. The van der Waals surface area contributed by atoms with Crippen LogP contribution in [0, 0.1) is 0 Å². The molecule has 0 heterocycles. The molecule has 0 bridgehead atoms. The Morgan fingerprint density at radius 1 is 0.471 bits per heavy atom. The molecule has 0 aromatic rings. The van der Waals surface area contributed by atoms with Gasteiger partial charge in [0, 0.05) is 0 Å². The third-order valence-electron chi connectivity index (χ3n) is 2.97. The van der Waals surface area contributed by atoms with E-state index in [-0.39, 0.29) is 0 Å². The molecular weight excluding hydrogens is 224 g/mol. The van der Waals surface area contributed by atoms with Gasteiger partial charge in [-0.3, -0.25) is 0 Å². The average Bonchev–Trinajstić information content (AvgIpc) is 2.36. The summed E-state index contributed by atoms with van der Waals surface area (Å²) in [4.78, 5) is 0. The molecule has 0 aliphatic carbocycles. The van der Waals surface area contributed by atoms with Crippen LogP contribution < -0.4 is 0 Å². The molecule has 0 saturated carbocycles. The molecule has 106 valence electrons. The molecule has 0 saturated heterocycles. The topological polar surface area (TPSA) is 0 Å². The molecule has 0 aliphatic heterocycles. The molecule has 0 amide bonds. The smallest absolute Gasteiger partial charge is 0.00979 e. The van der Waals surface area contributed by atoms with Crippen molar-refractivity contribution in [1.82, 2.24) is 0 Å². The molecule has 17 heavy (non-hydrogen) atoms. The summed E-state index contributed by atoms with van der Waals surface area (Å²) in [6.07, 6.45) is 16.8. The van der Waals surface area contributed by atoms with Gasteiger partial charge in [-0.25, -0.2) is 0 Å². The van der Waals surface area contributed by atoms with E-state index in [4.69, 9.17) is 0 Å². The molecule has 0 aliphatic rings. The lowest BCUT2D eigenvalue weighted by atomic mass is 10.1. The molecule has 0 radical (unpaired) electrons. The normalized spacial score (nSPS) is 9.88. The van der Waals surface area contributed by atoms with E-state index in [0.29, 0.717) is 0 Å². The fourth-order valence-corrected chi connectivity index (χ4v) is 1.97. The minimum Gasteiger partial charge on any atom is -0.179 e. The predicted molar refractivity (Wildman–Crippen MR) is 86.3 cm³/mol. The van der Waals surface area contributed by atoms with Gasteiger partial charge in [-0.1, -0.05) is 91.4 Å². The van der Waals surface area contributed by atoms with Gasteiger partial charge in [-0.15, -0.1) is 0 Å². The van der Waals surface area contributed by atoms with Gasteiger partial charge in [-0.2, -0.15) is 12.6 Å². The first kappa shape index (κ1) is 19.7. The molecule has 0 fully saturated rings. The molecule has 0 spiro atoms. The summed E-state index contributed by atoms with van der Waals surface area (Å²) in [5.74, 6) is 1.06. The summed E-state index contributed by atoms with van der Waals surface area (Å²) < 4.78 is 0. The highest BCUT2D eigenvalue weighted by Gasteiger charge is 1.89. The van der Waals surface area contributed by atoms with Crippen LogP contribution in [0.5, 0.6) is 0 Å². The summed E-state index contributed by atoms with van der Waals surface area (Å²) in [5, 5.41) is 0. The lowest BCUT2D eigenvalue weighted by molar-refractivity contribution is 0.586. The van der Waals surface area contributed by atoms with Gasteiger partial charge < -0.3 is 0 Å². The van der Waals surface area contributed by atoms with Crippen molar-refractivity contribution >= 4 is 12.6 Å². The maximum Gasteiger partial charge on any atom is -0.00979 e. The fourth-order valence-electron chi connectivity index (χ4n) is 1.75. The second-order valence-electron chi connectivity index (χ2n) is 4.91. The Balaban J connectivity index is 0. The highest BCUT2D eigenvalue weighted by atomic mass is 32.1. The predicted octanol–water partition coefficient (Wildman–Crippen LogP) is 6.64. The van der Waals surface area contributed by atoms with Crippen molar-refractivity contribution in [2.45, 2.75) is 97.8 Å². The van der Waals surface area contributed by atoms with E-state index in [1.165, 1.54) is 77.0 Å². The zero-order valence-corrected chi connectivity index (χ0v) is 13.5. The number of hydrogen-bond donors (Lipinski definition) is 1. The number of thiol groups is 1. The molecule has 1 heteroatoms. The van der Waals surface area contributed by atoms with E-state index >= 15 is 0 Å². The van der Waals surface area contributed by atoms with Crippen LogP contribution in [0.15, 0.2) is 0 Å². The second-order valence-corrected chi connectivity index (χ2v) is 5.35. The van der Waals surface area contributed by atoms with Crippen LogP contribution in [0.4, 0.5) is 0 Å². The molecule has 0 nitrogen and oxygen atoms in total. The Morgan fingerprint density at radius 2 is 0.765 bits per heavy atom. The number of hydrogen-bond acceptors (Lipinski definition) is 1. The number of unbranched alkanes of at least 4 members (excludes halogenated alkanes) is 10. The third kappa shape index (κ3) is 26.1. The highest BCUT2D eigenvalue weighted by molar-refractivity contribution is 7.80. The maximum absolute atomic E-state index is 4.18. The largest absolute Gasteiger partial charge is 0.179 e. The third-order valence-corrected chi connectivity index (χ3v) is 3.29. The van der Waals surface area contributed by atoms with Gasteiger partial charge in [0.2, 0.25) is 0 Å². The van der Waals surface area contributed by atoms with Crippen LogP contribution in [-0.4, -0.2) is 5.75 Å². The van der Waals surface area contributed by atoms with Crippen molar-refractivity contribution in [3.8, 4) is 0 Å². The Kier molecular flexibility index (Phi) is 25.0. The molecule has 0 N–H and O–H groups in total. The highest BCUT2D eigenvalue weighted by Crippen LogP contribution is 2.08. The first-order valence-corrected chi connectivity index (χ1v) is 8.57. The first-order valence-electron chi connectivity index (χ1n) is 7.94. The minimum absolute atomic E-state index is 1.06. The van der Waals surface area contributed by atoms with Gasteiger partial charge in [0.15, 0.2) is 0 Å². The first-order chi connectivity index (χ1) is 8.33. The van der Waals surface area contributed by atoms with Gasteiger partial charge in [0.05, 0.1) is 0 Å². The van der Waals surface area contributed by atoms with Gasteiger partial charge in [0.1, 0.15) is 0 Å². The van der Waals surface area contributed by atoms with Crippen molar-refractivity contribution in [2.24, 2.45) is 0 Å². The van der Waals surface area contributed by atoms with E-state index in [0.717, 1.165) is 5.75 Å². The lowest BCUT2D eigenvalue weighted by Crippen LogP contribution is -1.80. The fraction of sp³-hybridized carbons (Fsp3) is 1.00. The second kappa shape index (κ2) is 21.6. The van der Waals surface area contributed by atoms with Crippen LogP contribution in [-0.2, 0) is 0 Å².